The highest BCUT2D eigenvalue weighted by Crippen LogP contribution is 2.46. The van der Waals surface area contributed by atoms with Crippen LogP contribution in [0.25, 0.3) is 11.3 Å². The van der Waals surface area contributed by atoms with E-state index in [9.17, 15) is 0 Å². The van der Waals surface area contributed by atoms with Crippen LogP contribution in [0.15, 0.2) is 23.6 Å². The van der Waals surface area contributed by atoms with Gasteiger partial charge in [0.15, 0.2) is 5.13 Å². The number of anilines is 1. The zero-order valence-corrected chi connectivity index (χ0v) is 18.2. The number of piperidine rings is 1. The topological polar surface area (TPSA) is 28.2 Å². The Balaban J connectivity index is 1.61. The summed E-state index contributed by atoms with van der Waals surface area (Å²) < 4.78 is 0. The number of aromatic nitrogens is 1. The molecule has 4 heteroatoms. The molecule has 1 aromatic heterocycles. The van der Waals surface area contributed by atoms with Gasteiger partial charge in [0.1, 0.15) is 0 Å². The summed E-state index contributed by atoms with van der Waals surface area (Å²) >= 11 is 1.79. The minimum Gasteiger partial charge on any atom is -0.348 e. The largest absolute Gasteiger partial charge is 0.348 e. The van der Waals surface area contributed by atoms with Gasteiger partial charge in [0, 0.05) is 30.1 Å². The molecule has 1 fully saturated rings. The first-order valence-electron chi connectivity index (χ1n) is 10.3. The van der Waals surface area contributed by atoms with Gasteiger partial charge in [0.2, 0.25) is 0 Å². The van der Waals surface area contributed by atoms with Crippen molar-refractivity contribution in [1.29, 1.82) is 0 Å². The van der Waals surface area contributed by atoms with Gasteiger partial charge in [-0.3, -0.25) is 0 Å². The summed E-state index contributed by atoms with van der Waals surface area (Å²) in [5.74, 6) is 0. The molecule has 0 amide bonds. The number of fused-ring (bicyclic) bond motifs is 1. The van der Waals surface area contributed by atoms with Gasteiger partial charge in [-0.25, -0.2) is 4.98 Å². The van der Waals surface area contributed by atoms with Crippen molar-refractivity contribution in [3.8, 4) is 11.3 Å². The summed E-state index contributed by atoms with van der Waals surface area (Å²) in [6, 6.07) is 7.73. The second-order valence-corrected chi connectivity index (χ2v) is 10.4. The van der Waals surface area contributed by atoms with E-state index in [-0.39, 0.29) is 10.8 Å². The predicted molar refractivity (Wildman–Crippen MR) is 117 cm³/mol. The van der Waals surface area contributed by atoms with Crippen LogP contribution >= 0.6 is 11.3 Å². The van der Waals surface area contributed by atoms with Gasteiger partial charge in [-0.1, -0.05) is 39.8 Å². The molecule has 4 rings (SSSR count). The molecule has 146 valence electrons. The van der Waals surface area contributed by atoms with Gasteiger partial charge in [0.25, 0.3) is 0 Å². The zero-order chi connectivity index (χ0) is 19.2. The summed E-state index contributed by atoms with van der Waals surface area (Å²) in [5, 5.41) is 6.82. The maximum absolute atomic E-state index is 5.01. The standard InChI is InChI=1S/C23H33N3S/c1-22(2)10-11-23(3,4)19-14-16(6-7-18(19)22)20-15-27-21(25-20)26-12-8-17(24-5)9-13-26/h6-7,14-15,17,24H,8-13H2,1-5H3. The molecule has 2 aliphatic rings. The normalized spacial score (nSPS) is 21.9. The Hall–Kier alpha value is -1.39. The zero-order valence-electron chi connectivity index (χ0n) is 17.4. The van der Waals surface area contributed by atoms with Crippen molar-refractivity contribution in [2.45, 2.75) is 70.3 Å². The molecule has 0 atom stereocenters. The van der Waals surface area contributed by atoms with E-state index in [1.54, 1.807) is 11.3 Å². The third-order valence-corrected chi connectivity index (χ3v) is 7.72. The lowest BCUT2D eigenvalue weighted by molar-refractivity contribution is 0.332. The SMILES string of the molecule is CNC1CCN(c2nc(-c3ccc4c(c3)C(C)(C)CCC4(C)C)cs2)CC1. The van der Waals surface area contributed by atoms with E-state index in [2.05, 4.69) is 68.5 Å². The van der Waals surface area contributed by atoms with Crippen LogP contribution in [0.5, 0.6) is 0 Å². The van der Waals surface area contributed by atoms with Gasteiger partial charge >= 0.3 is 0 Å². The smallest absolute Gasteiger partial charge is 0.185 e. The lowest BCUT2D eigenvalue weighted by Crippen LogP contribution is -2.41. The van der Waals surface area contributed by atoms with Crippen LogP contribution in [0.4, 0.5) is 5.13 Å². The molecule has 2 heterocycles. The highest BCUT2D eigenvalue weighted by molar-refractivity contribution is 7.14. The van der Waals surface area contributed by atoms with E-state index >= 15 is 0 Å². The van der Waals surface area contributed by atoms with Crippen LogP contribution in [0, 0.1) is 0 Å². The van der Waals surface area contributed by atoms with Crippen molar-refractivity contribution in [2.75, 3.05) is 25.0 Å². The first kappa shape index (κ1) is 18.9. The average molecular weight is 384 g/mol. The summed E-state index contributed by atoms with van der Waals surface area (Å²) in [4.78, 5) is 7.46. The minimum atomic E-state index is 0.245. The van der Waals surface area contributed by atoms with Gasteiger partial charge < -0.3 is 10.2 Å². The molecule has 1 aliphatic carbocycles. The number of thiazole rings is 1. The quantitative estimate of drug-likeness (QED) is 0.774. The Morgan fingerprint density at radius 2 is 1.70 bits per heavy atom. The molecule has 27 heavy (non-hydrogen) atoms. The molecule has 0 bridgehead atoms. The molecule has 0 saturated carbocycles. The monoisotopic (exact) mass is 383 g/mol. The van der Waals surface area contributed by atoms with E-state index in [0.717, 1.165) is 18.8 Å². The number of rotatable bonds is 3. The van der Waals surface area contributed by atoms with Gasteiger partial charge in [-0.05, 0) is 60.8 Å². The van der Waals surface area contributed by atoms with Crippen LogP contribution in [-0.2, 0) is 10.8 Å². The molecular weight excluding hydrogens is 350 g/mol. The van der Waals surface area contributed by atoms with Gasteiger partial charge in [-0.15, -0.1) is 11.3 Å². The number of benzene rings is 1. The number of hydrogen-bond donors (Lipinski definition) is 1. The van der Waals surface area contributed by atoms with Crippen molar-refractivity contribution in [3.63, 3.8) is 0 Å². The molecule has 0 unspecified atom stereocenters. The fourth-order valence-corrected chi connectivity index (χ4v) is 5.54. The molecule has 1 N–H and O–H groups in total. The Morgan fingerprint density at radius 1 is 1.04 bits per heavy atom. The van der Waals surface area contributed by atoms with Crippen molar-refractivity contribution in [2.24, 2.45) is 0 Å². The van der Waals surface area contributed by atoms with E-state index in [1.807, 2.05) is 0 Å². The molecular formula is C23H33N3S. The van der Waals surface area contributed by atoms with Crippen LogP contribution in [-0.4, -0.2) is 31.2 Å². The van der Waals surface area contributed by atoms with Crippen LogP contribution in [0.1, 0.15) is 64.5 Å². The molecule has 0 radical (unpaired) electrons. The lowest BCUT2D eigenvalue weighted by Gasteiger charge is -2.42. The van der Waals surface area contributed by atoms with E-state index in [1.165, 1.54) is 47.5 Å². The number of hydrogen-bond acceptors (Lipinski definition) is 4. The fraction of sp³-hybridized carbons (Fsp3) is 0.609. The van der Waals surface area contributed by atoms with Gasteiger partial charge in [-0.2, -0.15) is 0 Å². The lowest BCUT2D eigenvalue weighted by atomic mass is 9.63. The van der Waals surface area contributed by atoms with Gasteiger partial charge in [0.05, 0.1) is 5.69 Å². The Morgan fingerprint density at radius 3 is 2.37 bits per heavy atom. The maximum atomic E-state index is 5.01. The molecule has 1 aromatic carbocycles. The first-order valence-corrected chi connectivity index (χ1v) is 11.2. The second kappa shape index (κ2) is 6.89. The molecule has 1 saturated heterocycles. The maximum Gasteiger partial charge on any atom is 0.185 e. The third kappa shape index (κ3) is 3.54. The summed E-state index contributed by atoms with van der Waals surface area (Å²) in [7, 11) is 2.07. The van der Waals surface area contributed by atoms with Crippen LogP contribution in [0.3, 0.4) is 0 Å². The van der Waals surface area contributed by atoms with Crippen LogP contribution in [0.2, 0.25) is 0 Å². The van der Waals surface area contributed by atoms with Crippen molar-refractivity contribution >= 4 is 16.5 Å². The highest BCUT2D eigenvalue weighted by atomic mass is 32.1. The Bertz CT molecular complexity index is 813. The molecule has 1 aliphatic heterocycles. The van der Waals surface area contributed by atoms with E-state index in [4.69, 9.17) is 4.98 Å². The van der Waals surface area contributed by atoms with Crippen molar-refractivity contribution < 1.29 is 0 Å². The summed E-state index contributed by atoms with van der Waals surface area (Å²) in [6.45, 7) is 11.8. The number of nitrogens with zero attached hydrogens (tertiary/aromatic N) is 2. The highest BCUT2D eigenvalue weighted by Gasteiger charge is 2.37. The second-order valence-electron chi connectivity index (χ2n) is 9.59. The summed E-state index contributed by atoms with van der Waals surface area (Å²) in [6.07, 6.45) is 4.91. The van der Waals surface area contributed by atoms with E-state index < -0.39 is 0 Å². The Labute approximate surface area is 168 Å². The minimum absolute atomic E-state index is 0.245. The number of nitrogens with one attached hydrogen (secondary N) is 1. The third-order valence-electron chi connectivity index (χ3n) is 6.81. The van der Waals surface area contributed by atoms with Crippen molar-refractivity contribution in [3.05, 3.63) is 34.7 Å². The fourth-order valence-electron chi connectivity index (χ4n) is 4.65. The van der Waals surface area contributed by atoms with Crippen molar-refractivity contribution in [1.82, 2.24) is 10.3 Å². The van der Waals surface area contributed by atoms with E-state index in [0.29, 0.717) is 6.04 Å². The molecule has 0 spiro atoms. The predicted octanol–water partition coefficient (Wildman–Crippen LogP) is 5.35. The average Bonchev–Trinajstić information content (AvgIpc) is 3.15. The first-order chi connectivity index (χ1) is 12.8. The molecule has 3 nitrogen and oxygen atoms in total. The molecule has 2 aromatic rings. The van der Waals surface area contributed by atoms with Crippen LogP contribution < -0.4 is 10.2 Å². The Kier molecular flexibility index (Phi) is 4.84. The summed E-state index contributed by atoms with van der Waals surface area (Å²) in [5.41, 5.74) is 5.95.